The van der Waals surface area contributed by atoms with Gasteiger partial charge in [0.2, 0.25) is 5.91 Å². The van der Waals surface area contributed by atoms with E-state index in [1.807, 2.05) is 12.1 Å². The van der Waals surface area contributed by atoms with Crippen molar-refractivity contribution < 1.29 is 19.8 Å². The first-order valence-electron chi connectivity index (χ1n) is 7.41. The number of aliphatic hydroxyl groups is 1. The van der Waals surface area contributed by atoms with E-state index in [-0.39, 0.29) is 24.8 Å². The first-order valence-corrected chi connectivity index (χ1v) is 7.79. The number of hydrogen-bond acceptors (Lipinski definition) is 3. The smallest absolute Gasteiger partial charge is 0.303 e. The molecular formula is C16H20ClNO4. The Bertz CT molecular complexity index is 531. The molecule has 0 aromatic heterocycles. The summed E-state index contributed by atoms with van der Waals surface area (Å²) in [7, 11) is 0. The van der Waals surface area contributed by atoms with E-state index in [0.717, 1.165) is 12.0 Å². The number of piperidine rings is 1. The predicted molar refractivity (Wildman–Crippen MR) is 82.8 cm³/mol. The second-order valence-electron chi connectivity index (χ2n) is 5.59. The van der Waals surface area contributed by atoms with Crippen LogP contribution in [0, 0.1) is 0 Å². The van der Waals surface area contributed by atoms with Crippen LogP contribution in [0.15, 0.2) is 24.3 Å². The van der Waals surface area contributed by atoms with Gasteiger partial charge in [-0.25, -0.2) is 0 Å². The number of halogens is 1. The van der Waals surface area contributed by atoms with Crippen LogP contribution in [-0.2, 0) is 16.0 Å². The first-order chi connectivity index (χ1) is 10.5. The SMILES string of the molecule is O=C(O)CCC(=O)N1CCC[C@H](O)[C@@H]1Cc1ccc(Cl)cc1. The van der Waals surface area contributed by atoms with Crippen molar-refractivity contribution in [2.75, 3.05) is 6.54 Å². The van der Waals surface area contributed by atoms with Crippen LogP contribution in [0.5, 0.6) is 0 Å². The molecule has 1 aromatic rings. The van der Waals surface area contributed by atoms with Gasteiger partial charge in [0, 0.05) is 18.0 Å². The second kappa shape index (κ2) is 7.61. The maximum absolute atomic E-state index is 12.2. The molecule has 5 nitrogen and oxygen atoms in total. The van der Waals surface area contributed by atoms with E-state index in [1.54, 1.807) is 17.0 Å². The summed E-state index contributed by atoms with van der Waals surface area (Å²) < 4.78 is 0. The number of carbonyl (C=O) groups is 2. The summed E-state index contributed by atoms with van der Waals surface area (Å²) in [5.74, 6) is -1.19. The van der Waals surface area contributed by atoms with Crippen LogP contribution in [0.25, 0.3) is 0 Å². The fraction of sp³-hybridized carbons (Fsp3) is 0.500. The lowest BCUT2D eigenvalue weighted by Gasteiger charge is -2.39. The average Bonchev–Trinajstić information content (AvgIpc) is 2.49. The highest BCUT2D eigenvalue weighted by molar-refractivity contribution is 6.30. The molecule has 0 bridgehead atoms. The van der Waals surface area contributed by atoms with E-state index >= 15 is 0 Å². The molecule has 0 aliphatic carbocycles. The third-order valence-electron chi connectivity index (χ3n) is 3.97. The van der Waals surface area contributed by atoms with Gasteiger partial charge >= 0.3 is 5.97 Å². The molecule has 0 unspecified atom stereocenters. The maximum Gasteiger partial charge on any atom is 0.303 e. The lowest BCUT2D eigenvalue weighted by molar-refractivity contribution is -0.144. The Hall–Kier alpha value is -1.59. The third-order valence-corrected chi connectivity index (χ3v) is 4.23. The second-order valence-corrected chi connectivity index (χ2v) is 6.02. The lowest BCUT2D eigenvalue weighted by Crippen LogP contribution is -2.52. The number of carbonyl (C=O) groups excluding carboxylic acids is 1. The molecule has 1 amide bonds. The number of likely N-dealkylation sites (tertiary alicyclic amines) is 1. The van der Waals surface area contributed by atoms with Gasteiger partial charge in [0.1, 0.15) is 0 Å². The van der Waals surface area contributed by atoms with Crippen molar-refractivity contribution in [3.05, 3.63) is 34.9 Å². The van der Waals surface area contributed by atoms with E-state index in [9.17, 15) is 14.7 Å². The van der Waals surface area contributed by atoms with Crippen LogP contribution in [0.4, 0.5) is 0 Å². The highest BCUT2D eigenvalue weighted by Crippen LogP contribution is 2.23. The Balaban J connectivity index is 2.07. The summed E-state index contributed by atoms with van der Waals surface area (Å²) in [6.07, 6.45) is 1.13. The minimum Gasteiger partial charge on any atom is -0.481 e. The van der Waals surface area contributed by atoms with Gasteiger partial charge in [-0.05, 0) is 37.0 Å². The molecule has 2 N–H and O–H groups in total. The number of amides is 1. The molecule has 2 atom stereocenters. The Kier molecular flexibility index (Phi) is 5.80. The fourth-order valence-corrected chi connectivity index (χ4v) is 2.94. The van der Waals surface area contributed by atoms with Crippen molar-refractivity contribution >= 4 is 23.5 Å². The molecule has 1 aliphatic rings. The monoisotopic (exact) mass is 325 g/mol. The summed E-state index contributed by atoms with van der Waals surface area (Å²) >= 11 is 5.86. The Morgan fingerprint density at radius 3 is 2.55 bits per heavy atom. The van der Waals surface area contributed by atoms with Gasteiger partial charge in [-0.3, -0.25) is 9.59 Å². The molecule has 1 fully saturated rings. The molecule has 22 heavy (non-hydrogen) atoms. The number of benzene rings is 1. The predicted octanol–water partition coefficient (Wildman–Crippen LogP) is 2.10. The summed E-state index contributed by atoms with van der Waals surface area (Å²) in [6, 6.07) is 7.01. The fourth-order valence-electron chi connectivity index (χ4n) is 2.81. The molecule has 2 rings (SSSR count). The molecule has 1 aliphatic heterocycles. The molecule has 1 aromatic carbocycles. The number of hydrogen-bond donors (Lipinski definition) is 2. The third kappa shape index (κ3) is 4.45. The van der Waals surface area contributed by atoms with Crippen LogP contribution in [0.2, 0.25) is 5.02 Å². The van der Waals surface area contributed by atoms with Gasteiger partial charge in [-0.2, -0.15) is 0 Å². The summed E-state index contributed by atoms with van der Waals surface area (Å²) in [5, 5.41) is 19.6. The number of carboxylic acid groups (broad SMARTS) is 1. The van der Waals surface area contributed by atoms with Crippen molar-refractivity contribution in [3.63, 3.8) is 0 Å². The zero-order valence-electron chi connectivity index (χ0n) is 12.2. The largest absolute Gasteiger partial charge is 0.481 e. The molecule has 0 spiro atoms. The van der Waals surface area contributed by atoms with Gasteiger partial charge < -0.3 is 15.1 Å². The van der Waals surface area contributed by atoms with Crippen molar-refractivity contribution in [3.8, 4) is 0 Å². The molecule has 6 heteroatoms. The van der Waals surface area contributed by atoms with Gasteiger partial charge in [-0.15, -0.1) is 0 Å². The van der Waals surface area contributed by atoms with Gasteiger partial charge in [-0.1, -0.05) is 23.7 Å². The first kappa shape index (κ1) is 16.8. The number of carboxylic acids is 1. The standard InChI is InChI=1S/C16H20ClNO4/c17-12-5-3-11(4-6-12)10-13-14(19)2-1-9-18(13)15(20)7-8-16(21)22/h3-6,13-14,19H,1-2,7-10H2,(H,21,22)/t13-,14-/m0/s1. The molecule has 0 radical (unpaired) electrons. The quantitative estimate of drug-likeness (QED) is 0.869. The molecule has 120 valence electrons. The summed E-state index contributed by atoms with van der Waals surface area (Å²) in [4.78, 5) is 24.5. The van der Waals surface area contributed by atoms with Gasteiger partial charge in [0.15, 0.2) is 0 Å². The highest BCUT2D eigenvalue weighted by atomic mass is 35.5. The molecule has 1 saturated heterocycles. The Labute approximate surface area is 134 Å². The highest BCUT2D eigenvalue weighted by Gasteiger charge is 2.33. The van der Waals surface area contributed by atoms with Crippen molar-refractivity contribution in [2.24, 2.45) is 0 Å². The van der Waals surface area contributed by atoms with Crippen molar-refractivity contribution in [1.82, 2.24) is 4.90 Å². The van der Waals surface area contributed by atoms with Gasteiger partial charge in [0.25, 0.3) is 0 Å². The van der Waals surface area contributed by atoms with E-state index in [2.05, 4.69) is 0 Å². The van der Waals surface area contributed by atoms with Gasteiger partial charge in [0.05, 0.1) is 18.6 Å². The summed E-state index contributed by atoms with van der Waals surface area (Å²) in [6.45, 7) is 0.563. The normalized spacial score (nSPS) is 21.6. The number of aliphatic hydroxyl groups excluding tert-OH is 1. The van der Waals surface area contributed by atoms with Crippen molar-refractivity contribution in [2.45, 2.75) is 44.2 Å². The van der Waals surface area contributed by atoms with E-state index < -0.39 is 12.1 Å². The van der Waals surface area contributed by atoms with Crippen LogP contribution in [-0.4, -0.2) is 45.7 Å². The zero-order valence-corrected chi connectivity index (χ0v) is 13.0. The molecule has 1 heterocycles. The Morgan fingerprint density at radius 2 is 1.91 bits per heavy atom. The van der Waals surface area contributed by atoms with E-state index in [4.69, 9.17) is 16.7 Å². The maximum atomic E-state index is 12.2. The number of nitrogens with zero attached hydrogens (tertiary/aromatic N) is 1. The van der Waals surface area contributed by atoms with Crippen LogP contribution >= 0.6 is 11.6 Å². The van der Waals surface area contributed by atoms with Crippen LogP contribution in [0.3, 0.4) is 0 Å². The van der Waals surface area contributed by atoms with E-state index in [0.29, 0.717) is 24.4 Å². The van der Waals surface area contributed by atoms with Crippen molar-refractivity contribution in [1.29, 1.82) is 0 Å². The van der Waals surface area contributed by atoms with E-state index in [1.165, 1.54) is 0 Å². The molecule has 0 saturated carbocycles. The summed E-state index contributed by atoms with van der Waals surface area (Å²) in [5.41, 5.74) is 0.992. The van der Waals surface area contributed by atoms with Crippen LogP contribution < -0.4 is 0 Å². The zero-order chi connectivity index (χ0) is 16.1. The topological polar surface area (TPSA) is 77.8 Å². The Morgan fingerprint density at radius 1 is 1.23 bits per heavy atom. The number of rotatable bonds is 5. The average molecular weight is 326 g/mol. The molecular weight excluding hydrogens is 306 g/mol. The number of aliphatic carboxylic acids is 1. The lowest BCUT2D eigenvalue weighted by atomic mass is 9.92. The van der Waals surface area contributed by atoms with Crippen LogP contribution in [0.1, 0.15) is 31.2 Å². The minimum absolute atomic E-state index is 0.0286. The minimum atomic E-state index is -0.986.